The molecule has 0 spiro atoms. The van der Waals surface area contributed by atoms with Crippen LogP contribution in [0.15, 0.2) is 105 Å². The summed E-state index contributed by atoms with van der Waals surface area (Å²) in [5.41, 5.74) is 1.72. The molecule has 0 fully saturated rings. The Morgan fingerprint density at radius 1 is 0.971 bits per heavy atom. The molecule has 35 heavy (non-hydrogen) atoms. The van der Waals surface area contributed by atoms with E-state index in [0.717, 1.165) is 5.39 Å². The van der Waals surface area contributed by atoms with Gasteiger partial charge >= 0.3 is 0 Å². The Labute approximate surface area is 203 Å². The van der Waals surface area contributed by atoms with Crippen molar-refractivity contribution in [3.8, 4) is 17.3 Å². The Bertz CT molecular complexity index is 1820. The quantitative estimate of drug-likeness (QED) is 0.278. The van der Waals surface area contributed by atoms with Gasteiger partial charge in [-0.3, -0.25) is 4.79 Å². The smallest absolute Gasteiger partial charge is 0.282 e. The summed E-state index contributed by atoms with van der Waals surface area (Å²) >= 11 is 6.13. The van der Waals surface area contributed by atoms with Crippen molar-refractivity contribution < 1.29 is 8.81 Å². The lowest BCUT2D eigenvalue weighted by Gasteiger charge is -2.09. The average molecular weight is 483 g/mol. The van der Waals surface area contributed by atoms with Crippen LogP contribution in [0.4, 0.5) is 4.39 Å². The van der Waals surface area contributed by atoms with Gasteiger partial charge in [0.1, 0.15) is 11.4 Å². The molecule has 6 aromatic rings. The van der Waals surface area contributed by atoms with Gasteiger partial charge in [0.15, 0.2) is 5.76 Å². The average Bonchev–Trinajstić information content (AvgIpc) is 3.50. The molecule has 0 aliphatic carbocycles. The minimum absolute atomic E-state index is 0.237. The number of hydrogen-bond acceptors (Lipinski definition) is 4. The molecule has 6 nitrogen and oxygen atoms in total. The second-order valence-corrected chi connectivity index (χ2v) is 8.30. The van der Waals surface area contributed by atoms with Gasteiger partial charge in [0.25, 0.3) is 5.56 Å². The van der Waals surface area contributed by atoms with Gasteiger partial charge in [-0.2, -0.15) is 9.78 Å². The van der Waals surface area contributed by atoms with Crippen molar-refractivity contribution in [2.75, 3.05) is 0 Å². The summed E-state index contributed by atoms with van der Waals surface area (Å²) in [4.78, 5) is 18.1. The second-order valence-electron chi connectivity index (χ2n) is 7.86. The Morgan fingerprint density at radius 3 is 2.69 bits per heavy atom. The first-order valence-electron chi connectivity index (χ1n) is 10.8. The first kappa shape index (κ1) is 21.1. The maximum absolute atomic E-state index is 14.4. The van der Waals surface area contributed by atoms with Crippen LogP contribution in [0.2, 0.25) is 5.02 Å². The monoisotopic (exact) mass is 482 g/mol. The fraction of sp³-hybridized carbons (Fsp3) is 0. The third-order valence-electron chi connectivity index (χ3n) is 5.65. The Hall–Kier alpha value is -4.49. The first-order chi connectivity index (χ1) is 17.1. The summed E-state index contributed by atoms with van der Waals surface area (Å²) in [6.07, 6.45) is 3.22. The molecule has 0 saturated heterocycles. The largest absolute Gasteiger partial charge is 0.453 e. The molecule has 0 unspecified atom stereocenters. The van der Waals surface area contributed by atoms with Crippen molar-refractivity contribution in [3.63, 3.8) is 0 Å². The summed E-state index contributed by atoms with van der Waals surface area (Å²) in [6.45, 7) is 0. The molecular formula is C27H16ClFN4O2. The van der Waals surface area contributed by atoms with Gasteiger partial charge in [0, 0.05) is 16.6 Å². The van der Waals surface area contributed by atoms with Gasteiger partial charge in [-0.05, 0) is 60.7 Å². The van der Waals surface area contributed by atoms with Crippen molar-refractivity contribution in [3.05, 3.63) is 118 Å². The Balaban J connectivity index is 1.54. The van der Waals surface area contributed by atoms with Gasteiger partial charge in [-0.25, -0.2) is 9.37 Å². The van der Waals surface area contributed by atoms with Crippen LogP contribution in [0.5, 0.6) is 0 Å². The van der Waals surface area contributed by atoms with E-state index < -0.39 is 0 Å². The van der Waals surface area contributed by atoms with Crippen LogP contribution in [-0.2, 0) is 0 Å². The highest BCUT2D eigenvalue weighted by molar-refractivity contribution is 6.31. The molecule has 3 aromatic carbocycles. The maximum atomic E-state index is 14.4. The summed E-state index contributed by atoms with van der Waals surface area (Å²) in [7, 11) is 0. The fourth-order valence-electron chi connectivity index (χ4n) is 4.00. The zero-order valence-corrected chi connectivity index (χ0v) is 18.9. The molecule has 3 aromatic heterocycles. The first-order valence-corrected chi connectivity index (χ1v) is 11.1. The molecule has 0 radical (unpaired) electrons. The van der Waals surface area contributed by atoms with Gasteiger partial charge in [0.05, 0.1) is 28.5 Å². The lowest BCUT2D eigenvalue weighted by atomic mass is 10.2. The number of nitrogens with zero attached hydrogens (tertiary/aromatic N) is 4. The molecule has 6 rings (SSSR count). The van der Waals surface area contributed by atoms with Crippen LogP contribution in [0.3, 0.4) is 0 Å². The lowest BCUT2D eigenvalue weighted by molar-refractivity contribution is 0.615. The van der Waals surface area contributed by atoms with Crippen LogP contribution >= 0.6 is 11.6 Å². The summed E-state index contributed by atoms with van der Waals surface area (Å²) < 4.78 is 23.2. The Morgan fingerprint density at radius 2 is 1.80 bits per heavy atom. The number of rotatable bonds is 4. The van der Waals surface area contributed by atoms with Crippen molar-refractivity contribution >= 4 is 39.7 Å². The van der Waals surface area contributed by atoms with Gasteiger partial charge in [0.2, 0.25) is 5.82 Å². The maximum Gasteiger partial charge on any atom is 0.282 e. The van der Waals surface area contributed by atoms with Gasteiger partial charge in [-0.15, -0.1) is 0 Å². The van der Waals surface area contributed by atoms with E-state index in [4.69, 9.17) is 16.0 Å². The molecule has 8 heteroatoms. The fourth-order valence-corrected chi connectivity index (χ4v) is 4.18. The van der Waals surface area contributed by atoms with Crippen LogP contribution in [-0.4, -0.2) is 20.4 Å². The van der Waals surface area contributed by atoms with Crippen LogP contribution in [0.25, 0.3) is 39.1 Å². The molecule has 170 valence electrons. The van der Waals surface area contributed by atoms with E-state index in [1.807, 2.05) is 6.07 Å². The third kappa shape index (κ3) is 3.72. The molecule has 0 aliphatic rings. The van der Waals surface area contributed by atoms with Crippen molar-refractivity contribution in [1.82, 2.24) is 14.2 Å². The molecule has 0 aliphatic heterocycles. The molecule has 0 bridgehead atoms. The normalized spacial score (nSPS) is 11.7. The molecule has 0 amide bonds. The number of furan rings is 1. The SMILES string of the molecule is O=c1c2ccccc2nc(-c2cc3cc(Cl)ccc3o2)n1N=Cc1cccn1-c1ccccc1F. The van der Waals surface area contributed by atoms with E-state index in [0.29, 0.717) is 38.7 Å². The molecular weight excluding hydrogens is 467 g/mol. The second kappa shape index (κ2) is 8.38. The van der Waals surface area contributed by atoms with Crippen molar-refractivity contribution in [2.45, 2.75) is 0 Å². The highest BCUT2D eigenvalue weighted by Gasteiger charge is 2.17. The van der Waals surface area contributed by atoms with E-state index in [2.05, 4.69) is 10.1 Å². The number of aromatic nitrogens is 3. The van der Waals surface area contributed by atoms with Gasteiger partial charge in [-0.1, -0.05) is 35.9 Å². The standard InChI is InChI=1S/C27H16ClFN4O2/c28-18-11-12-24-17(14-18)15-25(35-24)26-31-22-9-3-1-7-20(22)27(34)33(26)30-16-19-6-5-13-32(19)23-10-4-2-8-21(23)29/h1-16H. The zero-order chi connectivity index (χ0) is 23.9. The van der Waals surface area contributed by atoms with E-state index in [9.17, 15) is 9.18 Å². The molecule has 0 N–H and O–H groups in total. The van der Waals surface area contributed by atoms with E-state index in [1.54, 1.807) is 83.6 Å². The number of hydrogen-bond donors (Lipinski definition) is 0. The number of halogens is 2. The van der Waals surface area contributed by atoms with Crippen LogP contribution in [0.1, 0.15) is 5.69 Å². The minimum Gasteiger partial charge on any atom is -0.453 e. The van der Waals surface area contributed by atoms with Gasteiger partial charge < -0.3 is 8.98 Å². The summed E-state index contributed by atoms with van der Waals surface area (Å²) in [5.74, 6) is 0.234. The summed E-state index contributed by atoms with van der Waals surface area (Å²) in [5, 5.41) is 6.23. The predicted octanol–water partition coefficient (Wildman–Crippen LogP) is 6.28. The predicted molar refractivity (Wildman–Crippen MR) is 135 cm³/mol. The number of benzene rings is 3. The minimum atomic E-state index is -0.371. The summed E-state index contributed by atoms with van der Waals surface area (Å²) in [6, 6.07) is 24.1. The Kier molecular flexibility index (Phi) is 5.04. The van der Waals surface area contributed by atoms with Crippen molar-refractivity contribution in [2.24, 2.45) is 5.10 Å². The van der Waals surface area contributed by atoms with Crippen LogP contribution < -0.4 is 5.56 Å². The highest BCUT2D eigenvalue weighted by atomic mass is 35.5. The van der Waals surface area contributed by atoms with E-state index >= 15 is 0 Å². The van der Waals surface area contributed by atoms with Crippen LogP contribution in [0, 0.1) is 5.82 Å². The third-order valence-corrected chi connectivity index (χ3v) is 5.89. The zero-order valence-electron chi connectivity index (χ0n) is 18.1. The highest BCUT2D eigenvalue weighted by Crippen LogP contribution is 2.29. The van der Waals surface area contributed by atoms with E-state index in [1.165, 1.54) is 17.0 Å². The van der Waals surface area contributed by atoms with E-state index in [-0.39, 0.29) is 17.2 Å². The molecule has 0 atom stereocenters. The lowest BCUT2D eigenvalue weighted by Crippen LogP contribution is -2.20. The van der Waals surface area contributed by atoms with Crippen molar-refractivity contribution in [1.29, 1.82) is 0 Å². The number of fused-ring (bicyclic) bond motifs is 2. The number of para-hydroxylation sites is 2. The molecule has 0 saturated carbocycles. The molecule has 3 heterocycles. The topological polar surface area (TPSA) is 65.3 Å².